The van der Waals surface area contributed by atoms with E-state index in [0.29, 0.717) is 37.9 Å². The minimum Gasteiger partial charge on any atom is -0.495 e. The normalized spacial score (nSPS) is 46.1. The van der Waals surface area contributed by atoms with Crippen molar-refractivity contribution in [3.63, 3.8) is 0 Å². The summed E-state index contributed by atoms with van der Waals surface area (Å²) in [5.74, 6) is 0.317. The standard InChI is InChI=1S/C39H64O22/c1-14-6-17(55-36-31(53)28(50)35(61-36)22(12-43)58-38-30(52)27(49)33(60-38)20(45)10-41)8-39(3)5-4-16(7-18(14)39)15(2)54-13-23-24(46)25(47)34(56-23)21(11-42)57-37-29(51)26(48)32(59-37)19(44)9-40/h16-17,19-38,40-53H,2,4-13H2,1,3H3. The molecule has 352 valence electrons. The minimum atomic E-state index is -1.66. The molecule has 23 atom stereocenters. The summed E-state index contributed by atoms with van der Waals surface area (Å²) in [5, 5.41) is 143. The molecule has 0 aromatic rings. The van der Waals surface area contributed by atoms with E-state index in [1.807, 2.05) is 6.92 Å². The number of fused-ring (bicyclic) bond motifs is 1. The van der Waals surface area contributed by atoms with E-state index < -0.39 is 155 Å². The first kappa shape index (κ1) is 48.9. The highest BCUT2D eigenvalue weighted by molar-refractivity contribution is 5.28. The van der Waals surface area contributed by atoms with Crippen molar-refractivity contribution < 1.29 is 109 Å². The molecule has 4 heterocycles. The number of allylic oxidation sites excluding steroid dienone is 2. The first-order valence-corrected chi connectivity index (χ1v) is 20.7. The Labute approximate surface area is 351 Å². The first-order valence-electron chi connectivity index (χ1n) is 20.7. The summed E-state index contributed by atoms with van der Waals surface area (Å²) in [4.78, 5) is 0. The Morgan fingerprint density at radius 2 is 1.13 bits per heavy atom. The van der Waals surface area contributed by atoms with E-state index in [0.717, 1.165) is 5.57 Å². The lowest BCUT2D eigenvalue weighted by atomic mass is 9.61. The van der Waals surface area contributed by atoms with Crippen LogP contribution in [-0.4, -0.2) is 233 Å². The molecule has 0 aromatic carbocycles. The van der Waals surface area contributed by atoms with E-state index in [1.165, 1.54) is 5.57 Å². The molecule has 6 aliphatic rings. The van der Waals surface area contributed by atoms with Crippen molar-refractivity contribution in [2.75, 3.05) is 33.0 Å². The second-order valence-electron chi connectivity index (χ2n) is 17.4. The molecular weight excluding hydrogens is 820 g/mol. The molecular formula is C39H64O22. The maximum absolute atomic E-state index is 10.9. The summed E-state index contributed by atoms with van der Waals surface area (Å²) >= 11 is 0. The molecule has 6 rings (SSSR count). The van der Waals surface area contributed by atoms with Crippen LogP contribution in [0.5, 0.6) is 0 Å². The zero-order chi connectivity index (χ0) is 44.7. The van der Waals surface area contributed by atoms with Gasteiger partial charge in [-0.3, -0.25) is 0 Å². The van der Waals surface area contributed by atoms with Gasteiger partial charge in [0.25, 0.3) is 0 Å². The second kappa shape index (κ2) is 20.3. The molecule has 14 N–H and O–H groups in total. The Balaban J connectivity index is 1.000. The molecule has 61 heavy (non-hydrogen) atoms. The zero-order valence-electron chi connectivity index (χ0n) is 34.0. The fourth-order valence-corrected chi connectivity index (χ4v) is 9.58. The van der Waals surface area contributed by atoms with E-state index >= 15 is 0 Å². The Morgan fingerprint density at radius 3 is 1.66 bits per heavy atom. The lowest BCUT2D eigenvalue weighted by Crippen LogP contribution is -2.46. The van der Waals surface area contributed by atoms with Gasteiger partial charge in [0.15, 0.2) is 18.9 Å². The Bertz CT molecular complexity index is 1490. The lowest BCUT2D eigenvalue weighted by molar-refractivity contribution is -0.249. The Morgan fingerprint density at radius 1 is 0.656 bits per heavy atom. The minimum absolute atomic E-state index is 0.116. The number of aliphatic hydroxyl groups is 14. The first-order chi connectivity index (χ1) is 28.9. The maximum atomic E-state index is 10.9. The van der Waals surface area contributed by atoms with Crippen LogP contribution >= 0.6 is 0 Å². The lowest BCUT2D eigenvalue weighted by Gasteiger charge is -2.47. The van der Waals surface area contributed by atoms with Gasteiger partial charge in [-0.25, -0.2) is 0 Å². The van der Waals surface area contributed by atoms with E-state index in [2.05, 4.69) is 13.5 Å². The van der Waals surface area contributed by atoms with E-state index in [-0.39, 0.29) is 17.9 Å². The van der Waals surface area contributed by atoms with Crippen LogP contribution < -0.4 is 0 Å². The highest BCUT2D eigenvalue weighted by Crippen LogP contribution is 2.53. The molecule has 4 saturated heterocycles. The quantitative estimate of drug-likeness (QED) is 0.0450. The van der Waals surface area contributed by atoms with Crippen LogP contribution in [0.1, 0.15) is 46.0 Å². The van der Waals surface area contributed by atoms with Gasteiger partial charge >= 0.3 is 0 Å². The summed E-state index contributed by atoms with van der Waals surface area (Å²) in [6, 6.07) is 0. The van der Waals surface area contributed by atoms with E-state index in [9.17, 15) is 71.5 Å². The number of hydrogen-bond donors (Lipinski definition) is 14. The van der Waals surface area contributed by atoms with Crippen molar-refractivity contribution in [3.8, 4) is 0 Å². The van der Waals surface area contributed by atoms with Gasteiger partial charge in [0, 0.05) is 5.92 Å². The third kappa shape index (κ3) is 10.0. The molecule has 5 fully saturated rings. The van der Waals surface area contributed by atoms with Crippen LogP contribution in [-0.2, 0) is 37.9 Å². The third-order valence-corrected chi connectivity index (χ3v) is 13.2. The molecule has 1 saturated carbocycles. The van der Waals surface area contributed by atoms with Gasteiger partial charge in [-0.2, -0.15) is 0 Å². The summed E-state index contributed by atoms with van der Waals surface area (Å²) in [6.07, 6.45) is -26.8. The summed E-state index contributed by atoms with van der Waals surface area (Å²) in [5.41, 5.74) is 1.90. The van der Waals surface area contributed by atoms with Crippen LogP contribution in [0.2, 0.25) is 0 Å². The second-order valence-corrected chi connectivity index (χ2v) is 17.4. The van der Waals surface area contributed by atoms with Crippen molar-refractivity contribution >= 4 is 0 Å². The number of rotatable bonds is 18. The van der Waals surface area contributed by atoms with Gasteiger partial charge in [0.1, 0.15) is 110 Å². The monoisotopic (exact) mass is 884 g/mol. The third-order valence-electron chi connectivity index (χ3n) is 13.2. The summed E-state index contributed by atoms with van der Waals surface area (Å²) in [6.45, 7) is 5.02. The number of aliphatic hydroxyl groups excluding tert-OH is 14. The summed E-state index contributed by atoms with van der Waals surface area (Å²) < 4.78 is 46.0. The molecule has 0 spiro atoms. The van der Waals surface area contributed by atoms with Gasteiger partial charge in [-0.1, -0.05) is 24.6 Å². The number of hydrogen-bond acceptors (Lipinski definition) is 22. The van der Waals surface area contributed by atoms with Gasteiger partial charge in [-0.15, -0.1) is 0 Å². The SMILES string of the molecule is C=C(OCC1OC(C(CO)OC2OC(C(O)CO)C(O)C2O)C(O)C1O)C1CCC2(C)CC(OC3OC(C(CO)OC4OC(C(O)CO)C(O)C4O)C(O)C3O)CC(C)=C2C1. The Kier molecular flexibility index (Phi) is 16.3. The van der Waals surface area contributed by atoms with E-state index in [4.69, 9.17) is 37.9 Å². The summed E-state index contributed by atoms with van der Waals surface area (Å²) in [7, 11) is 0. The Hall–Kier alpha value is -1.56. The zero-order valence-corrected chi connectivity index (χ0v) is 34.0. The van der Waals surface area contributed by atoms with Crippen LogP contribution in [0.15, 0.2) is 23.5 Å². The topological polar surface area (TPSA) is 357 Å². The average molecular weight is 885 g/mol. The molecule has 23 unspecified atom stereocenters. The average Bonchev–Trinajstić information content (AvgIpc) is 3.89. The molecule has 4 aliphatic heterocycles. The van der Waals surface area contributed by atoms with Gasteiger partial charge < -0.3 is 109 Å². The van der Waals surface area contributed by atoms with Crippen LogP contribution in [0.25, 0.3) is 0 Å². The number of ether oxygens (including phenoxy) is 8. The highest BCUT2D eigenvalue weighted by Gasteiger charge is 2.54. The van der Waals surface area contributed by atoms with Gasteiger partial charge in [0.2, 0.25) is 0 Å². The van der Waals surface area contributed by atoms with Gasteiger partial charge in [0.05, 0.1) is 38.3 Å². The predicted octanol–water partition coefficient (Wildman–Crippen LogP) is -5.89. The van der Waals surface area contributed by atoms with Crippen molar-refractivity contribution in [1.29, 1.82) is 0 Å². The van der Waals surface area contributed by atoms with Crippen molar-refractivity contribution in [3.05, 3.63) is 23.5 Å². The molecule has 0 radical (unpaired) electrons. The maximum Gasteiger partial charge on any atom is 0.187 e. The molecule has 22 nitrogen and oxygen atoms in total. The largest absolute Gasteiger partial charge is 0.495 e. The fraction of sp³-hybridized carbons (Fsp3) is 0.897. The molecule has 22 heteroatoms. The predicted molar refractivity (Wildman–Crippen MR) is 200 cm³/mol. The van der Waals surface area contributed by atoms with Crippen molar-refractivity contribution in [1.82, 2.24) is 0 Å². The fourth-order valence-electron chi connectivity index (χ4n) is 9.58. The molecule has 0 bridgehead atoms. The van der Waals surface area contributed by atoms with Crippen LogP contribution in [0, 0.1) is 11.3 Å². The molecule has 0 aromatic heterocycles. The van der Waals surface area contributed by atoms with Crippen LogP contribution in [0.4, 0.5) is 0 Å². The van der Waals surface area contributed by atoms with Crippen molar-refractivity contribution in [2.45, 2.75) is 175 Å². The van der Waals surface area contributed by atoms with Crippen molar-refractivity contribution in [2.24, 2.45) is 11.3 Å². The van der Waals surface area contributed by atoms with E-state index in [1.54, 1.807) is 0 Å². The highest BCUT2D eigenvalue weighted by atomic mass is 16.8. The molecule has 2 aliphatic carbocycles. The van der Waals surface area contributed by atoms with Gasteiger partial charge in [-0.05, 0) is 44.4 Å². The smallest absolute Gasteiger partial charge is 0.187 e. The molecule has 0 amide bonds. The van der Waals surface area contributed by atoms with Crippen LogP contribution in [0.3, 0.4) is 0 Å².